The van der Waals surface area contributed by atoms with E-state index in [1.807, 2.05) is 12.1 Å². The zero-order valence-corrected chi connectivity index (χ0v) is 14.1. The summed E-state index contributed by atoms with van der Waals surface area (Å²) in [7, 11) is 0. The highest BCUT2D eigenvalue weighted by atomic mass is 79.9. The summed E-state index contributed by atoms with van der Waals surface area (Å²) in [5.41, 5.74) is 0.722. The molecule has 20 heavy (non-hydrogen) atoms. The number of esters is 1. The van der Waals surface area contributed by atoms with Crippen molar-refractivity contribution in [2.75, 3.05) is 24.6 Å². The molecule has 0 saturated carbocycles. The molecule has 0 unspecified atom stereocenters. The molecule has 0 bridgehead atoms. The molecule has 0 spiro atoms. The average Bonchev–Trinajstić information content (AvgIpc) is 2.35. The van der Waals surface area contributed by atoms with Crippen molar-refractivity contribution in [3.63, 3.8) is 0 Å². The van der Waals surface area contributed by atoms with Crippen molar-refractivity contribution in [3.8, 4) is 0 Å². The summed E-state index contributed by atoms with van der Waals surface area (Å²) >= 11 is 6.73. The third-order valence-electron chi connectivity index (χ3n) is 2.47. The molecule has 110 valence electrons. The van der Waals surface area contributed by atoms with Crippen molar-refractivity contribution in [1.29, 1.82) is 0 Å². The first-order valence-electron chi connectivity index (χ1n) is 6.01. The van der Waals surface area contributed by atoms with Crippen LogP contribution >= 0.6 is 31.9 Å². The Morgan fingerprint density at radius 2 is 2.05 bits per heavy atom. The molecule has 0 aliphatic carbocycles. The quantitative estimate of drug-likeness (QED) is 0.702. The second-order valence-corrected chi connectivity index (χ2v) is 5.74. The topological polar surface area (TPSA) is 66.8 Å². The molecule has 5 nitrogen and oxygen atoms in total. The van der Waals surface area contributed by atoms with Crippen LogP contribution in [0.4, 0.5) is 5.69 Å². The predicted molar refractivity (Wildman–Crippen MR) is 82.9 cm³/mol. The minimum Gasteiger partial charge on any atom is -0.480 e. The Morgan fingerprint density at radius 1 is 1.35 bits per heavy atom. The van der Waals surface area contributed by atoms with Crippen molar-refractivity contribution < 1.29 is 19.4 Å². The summed E-state index contributed by atoms with van der Waals surface area (Å²) in [6.45, 7) is 2.16. The van der Waals surface area contributed by atoms with Crippen LogP contribution in [0, 0.1) is 0 Å². The molecule has 1 aromatic carbocycles. The Labute approximate surface area is 134 Å². The molecule has 1 aromatic rings. The van der Waals surface area contributed by atoms with Gasteiger partial charge >= 0.3 is 11.9 Å². The molecule has 0 aliphatic rings. The highest BCUT2D eigenvalue weighted by Crippen LogP contribution is 2.29. The third-order valence-corrected chi connectivity index (χ3v) is 3.60. The molecule has 0 amide bonds. The van der Waals surface area contributed by atoms with Gasteiger partial charge in [-0.1, -0.05) is 15.9 Å². The van der Waals surface area contributed by atoms with Gasteiger partial charge in [0.1, 0.15) is 6.54 Å². The molecular formula is C13H15Br2NO4. The van der Waals surface area contributed by atoms with Gasteiger partial charge in [-0.3, -0.25) is 9.59 Å². The first kappa shape index (κ1) is 17.0. The number of rotatable bonds is 7. The van der Waals surface area contributed by atoms with Crippen LogP contribution in [0.25, 0.3) is 0 Å². The van der Waals surface area contributed by atoms with Gasteiger partial charge in [-0.25, -0.2) is 0 Å². The minimum atomic E-state index is -0.955. The van der Waals surface area contributed by atoms with Crippen LogP contribution in [0.2, 0.25) is 0 Å². The van der Waals surface area contributed by atoms with Gasteiger partial charge in [-0.05, 0) is 41.1 Å². The van der Waals surface area contributed by atoms with E-state index in [1.54, 1.807) is 17.9 Å². The van der Waals surface area contributed by atoms with Crippen molar-refractivity contribution >= 4 is 49.5 Å². The lowest BCUT2D eigenvalue weighted by molar-refractivity contribution is -0.143. The second-order valence-electron chi connectivity index (χ2n) is 3.97. The highest BCUT2D eigenvalue weighted by Gasteiger charge is 2.15. The van der Waals surface area contributed by atoms with Crippen molar-refractivity contribution in [2.24, 2.45) is 0 Å². The first-order chi connectivity index (χ1) is 9.43. The lowest BCUT2D eigenvalue weighted by Gasteiger charge is -2.23. The van der Waals surface area contributed by atoms with Crippen molar-refractivity contribution in [2.45, 2.75) is 13.3 Å². The molecule has 0 atom stereocenters. The van der Waals surface area contributed by atoms with Gasteiger partial charge < -0.3 is 14.7 Å². The van der Waals surface area contributed by atoms with Gasteiger partial charge in [0, 0.05) is 15.5 Å². The van der Waals surface area contributed by atoms with E-state index in [4.69, 9.17) is 9.84 Å². The molecule has 0 radical (unpaired) electrons. The number of carbonyl (C=O) groups is 2. The lowest BCUT2D eigenvalue weighted by atomic mass is 10.2. The summed E-state index contributed by atoms with van der Waals surface area (Å²) < 4.78 is 6.49. The number of carboxylic acid groups (broad SMARTS) is 1. The number of hydrogen-bond donors (Lipinski definition) is 1. The summed E-state index contributed by atoms with van der Waals surface area (Å²) in [5.74, 6) is -1.29. The lowest BCUT2D eigenvalue weighted by Crippen LogP contribution is -2.32. The van der Waals surface area contributed by atoms with Crippen LogP contribution in [0.3, 0.4) is 0 Å². The van der Waals surface area contributed by atoms with E-state index >= 15 is 0 Å². The molecule has 1 N–H and O–H groups in total. The molecule has 0 heterocycles. The largest absolute Gasteiger partial charge is 0.480 e. The van der Waals surface area contributed by atoms with Gasteiger partial charge in [0.15, 0.2) is 0 Å². The average molecular weight is 409 g/mol. The van der Waals surface area contributed by atoms with Crippen molar-refractivity contribution in [1.82, 2.24) is 0 Å². The van der Waals surface area contributed by atoms with E-state index in [9.17, 15) is 9.59 Å². The standard InChI is InChI=1S/C13H15Br2NO4/c1-2-20-13(19)5-6-16(8-12(17)18)11-4-3-9(14)7-10(11)15/h3-4,7H,2,5-6,8H2,1H3,(H,17,18). The Bertz CT molecular complexity index is 493. The fourth-order valence-corrected chi connectivity index (χ4v) is 2.94. The van der Waals surface area contributed by atoms with Gasteiger partial charge in [0.25, 0.3) is 0 Å². The van der Waals surface area contributed by atoms with Crippen LogP contribution in [0.5, 0.6) is 0 Å². The van der Waals surface area contributed by atoms with Gasteiger partial charge in [-0.2, -0.15) is 0 Å². The van der Waals surface area contributed by atoms with Crippen LogP contribution in [0.15, 0.2) is 27.1 Å². The first-order valence-corrected chi connectivity index (χ1v) is 7.60. The van der Waals surface area contributed by atoms with Crippen LogP contribution < -0.4 is 4.90 Å². The molecule has 0 saturated heterocycles. The number of aliphatic carboxylic acids is 1. The molecule has 0 aliphatic heterocycles. The van der Waals surface area contributed by atoms with Crippen LogP contribution in [-0.2, 0) is 14.3 Å². The van der Waals surface area contributed by atoms with E-state index in [0.717, 1.165) is 14.6 Å². The molecular weight excluding hydrogens is 394 g/mol. The fourth-order valence-electron chi connectivity index (χ4n) is 1.65. The number of anilines is 1. The maximum Gasteiger partial charge on any atom is 0.323 e. The maximum absolute atomic E-state index is 11.4. The summed E-state index contributed by atoms with van der Waals surface area (Å²) in [6, 6.07) is 5.44. The van der Waals surface area contributed by atoms with Gasteiger partial charge in [0.2, 0.25) is 0 Å². The number of ether oxygens (including phenoxy) is 1. The number of hydrogen-bond acceptors (Lipinski definition) is 4. The Balaban J connectivity index is 2.83. The fraction of sp³-hybridized carbons (Fsp3) is 0.385. The summed E-state index contributed by atoms with van der Waals surface area (Å²) in [5, 5.41) is 8.98. The second kappa shape index (κ2) is 8.26. The van der Waals surface area contributed by atoms with Crippen molar-refractivity contribution in [3.05, 3.63) is 27.1 Å². The maximum atomic E-state index is 11.4. The smallest absolute Gasteiger partial charge is 0.323 e. The predicted octanol–water partition coefficient (Wildman–Crippen LogP) is 3.06. The third kappa shape index (κ3) is 5.50. The van der Waals surface area contributed by atoms with E-state index in [0.29, 0.717) is 6.61 Å². The Kier molecular flexibility index (Phi) is 7.01. The summed E-state index contributed by atoms with van der Waals surface area (Å²) in [4.78, 5) is 24.0. The number of carbonyl (C=O) groups excluding carboxylic acids is 1. The monoisotopic (exact) mass is 407 g/mol. The van der Waals surface area contributed by atoms with Gasteiger partial charge in [0.05, 0.1) is 18.7 Å². The summed E-state index contributed by atoms with van der Waals surface area (Å²) in [6.07, 6.45) is 0.142. The molecule has 1 rings (SSSR count). The zero-order valence-electron chi connectivity index (χ0n) is 10.9. The van der Waals surface area contributed by atoms with E-state index in [1.165, 1.54) is 0 Å². The number of halogens is 2. The normalized spacial score (nSPS) is 10.2. The van der Waals surface area contributed by atoms with E-state index < -0.39 is 5.97 Å². The number of nitrogens with zero attached hydrogens (tertiary/aromatic N) is 1. The molecule has 0 aromatic heterocycles. The minimum absolute atomic E-state index is 0.142. The van der Waals surface area contributed by atoms with Crippen LogP contribution in [0.1, 0.15) is 13.3 Å². The van der Waals surface area contributed by atoms with Crippen LogP contribution in [-0.4, -0.2) is 36.7 Å². The molecule has 7 heteroatoms. The Morgan fingerprint density at radius 3 is 2.60 bits per heavy atom. The highest BCUT2D eigenvalue weighted by molar-refractivity contribution is 9.11. The van der Waals surface area contributed by atoms with E-state index in [2.05, 4.69) is 31.9 Å². The zero-order chi connectivity index (χ0) is 15.1. The van der Waals surface area contributed by atoms with Gasteiger partial charge in [-0.15, -0.1) is 0 Å². The SMILES string of the molecule is CCOC(=O)CCN(CC(=O)O)c1ccc(Br)cc1Br. The number of carboxylic acids is 1. The number of benzene rings is 1. The molecule has 0 fully saturated rings. The van der Waals surface area contributed by atoms with E-state index in [-0.39, 0.29) is 25.5 Å². The Hall–Kier alpha value is -1.08.